The van der Waals surface area contributed by atoms with Crippen LogP contribution in [0.4, 0.5) is 0 Å². The summed E-state index contributed by atoms with van der Waals surface area (Å²) in [5.41, 5.74) is 1.08. The van der Waals surface area contributed by atoms with Gasteiger partial charge >= 0.3 is 5.97 Å². The van der Waals surface area contributed by atoms with Gasteiger partial charge in [-0.2, -0.15) is 0 Å². The van der Waals surface area contributed by atoms with E-state index in [1.165, 1.54) is 0 Å². The van der Waals surface area contributed by atoms with E-state index in [1.807, 2.05) is 19.1 Å². The minimum Gasteiger partial charge on any atom is -0.481 e. The first-order valence-corrected chi connectivity index (χ1v) is 4.97. The fourth-order valence-electron chi connectivity index (χ4n) is 2.04. The molecule has 0 unspecified atom stereocenters. The van der Waals surface area contributed by atoms with E-state index < -0.39 is 5.97 Å². The summed E-state index contributed by atoms with van der Waals surface area (Å²) in [6.07, 6.45) is 0. The molecular formula is C11H11ClO2. The van der Waals surface area contributed by atoms with Gasteiger partial charge in [-0.15, -0.1) is 0 Å². The molecule has 1 aliphatic carbocycles. The summed E-state index contributed by atoms with van der Waals surface area (Å²) in [5.74, 6) is -0.493. The van der Waals surface area contributed by atoms with Crippen molar-refractivity contribution in [2.45, 2.75) is 12.8 Å². The molecule has 0 radical (unpaired) electrons. The number of carboxylic acid groups (broad SMARTS) is 1. The van der Waals surface area contributed by atoms with Crippen molar-refractivity contribution < 1.29 is 9.90 Å². The smallest absolute Gasteiger partial charge is 0.307 e. The third kappa shape index (κ3) is 1.50. The van der Waals surface area contributed by atoms with E-state index in [2.05, 4.69) is 0 Å². The average molecular weight is 211 g/mol. The van der Waals surface area contributed by atoms with Gasteiger partial charge in [0.2, 0.25) is 0 Å². The van der Waals surface area contributed by atoms with Crippen molar-refractivity contribution >= 4 is 17.6 Å². The Kier molecular flexibility index (Phi) is 2.23. The Bertz CT molecular complexity index is 358. The van der Waals surface area contributed by atoms with Crippen molar-refractivity contribution in [3.63, 3.8) is 0 Å². The Morgan fingerprint density at radius 3 is 2.36 bits per heavy atom. The molecule has 2 rings (SSSR count). The second-order valence-corrected chi connectivity index (χ2v) is 4.24. The highest BCUT2D eigenvalue weighted by atomic mass is 35.5. The molecule has 0 saturated heterocycles. The highest BCUT2D eigenvalue weighted by Gasteiger charge is 2.52. The van der Waals surface area contributed by atoms with Crippen LogP contribution in [0.5, 0.6) is 0 Å². The van der Waals surface area contributed by atoms with Crippen LogP contribution < -0.4 is 0 Å². The summed E-state index contributed by atoms with van der Waals surface area (Å²) in [5, 5.41) is 9.57. The molecule has 0 aromatic heterocycles. The largest absolute Gasteiger partial charge is 0.481 e. The van der Waals surface area contributed by atoms with Gasteiger partial charge in [-0.3, -0.25) is 4.79 Å². The molecule has 2 nitrogen and oxygen atoms in total. The van der Waals surface area contributed by atoms with Gasteiger partial charge in [0, 0.05) is 10.9 Å². The highest BCUT2D eigenvalue weighted by molar-refractivity contribution is 6.30. The molecule has 0 bridgehead atoms. The molecule has 1 fully saturated rings. The first kappa shape index (κ1) is 9.53. The van der Waals surface area contributed by atoms with E-state index in [0.29, 0.717) is 5.02 Å². The summed E-state index contributed by atoms with van der Waals surface area (Å²) in [6, 6.07) is 7.43. The molecule has 74 valence electrons. The number of halogens is 1. The minimum atomic E-state index is -0.697. The molecule has 1 aromatic rings. The number of hydrogen-bond acceptors (Lipinski definition) is 1. The van der Waals surface area contributed by atoms with E-state index in [9.17, 15) is 4.79 Å². The molecule has 14 heavy (non-hydrogen) atoms. The molecule has 0 aliphatic heterocycles. The van der Waals surface area contributed by atoms with E-state index in [1.54, 1.807) is 12.1 Å². The van der Waals surface area contributed by atoms with Crippen LogP contribution in [0, 0.1) is 11.8 Å². The predicted molar refractivity (Wildman–Crippen MR) is 54.5 cm³/mol. The second-order valence-electron chi connectivity index (χ2n) is 3.80. The molecule has 0 spiro atoms. The number of carbonyl (C=O) groups is 1. The van der Waals surface area contributed by atoms with Crippen LogP contribution in [0.2, 0.25) is 5.02 Å². The lowest BCUT2D eigenvalue weighted by Gasteiger charge is -1.98. The highest BCUT2D eigenvalue weighted by Crippen LogP contribution is 2.53. The standard InChI is InChI=1S/C11H11ClO2/c1-6-9(10(6)11(13)14)7-2-4-8(12)5-3-7/h2-6,9-10H,1H3,(H,13,14)/t6-,9+,10+/m0/s1. The molecule has 0 amide bonds. The molecular weight excluding hydrogens is 200 g/mol. The van der Waals surface area contributed by atoms with Crippen molar-refractivity contribution in [1.82, 2.24) is 0 Å². The van der Waals surface area contributed by atoms with Crippen molar-refractivity contribution in [3.05, 3.63) is 34.9 Å². The lowest BCUT2D eigenvalue weighted by molar-refractivity contribution is -0.138. The fraction of sp³-hybridized carbons (Fsp3) is 0.364. The number of aliphatic carboxylic acids is 1. The predicted octanol–water partition coefficient (Wildman–Crippen LogP) is 2.77. The zero-order valence-corrected chi connectivity index (χ0v) is 8.53. The first-order valence-electron chi connectivity index (χ1n) is 4.59. The maximum atomic E-state index is 10.8. The van der Waals surface area contributed by atoms with Gasteiger partial charge < -0.3 is 5.11 Å². The maximum absolute atomic E-state index is 10.8. The summed E-state index contributed by atoms with van der Waals surface area (Å²) < 4.78 is 0. The van der Waals surface area contributed by atoms with Gasteiger partial charge in [-0.05, 0) is 23.6 Å². The number of hydrogen-bond donors (Lipinski definition) is 1. The van der Waals surface area contributed by atoms with Crippen LogP contribution in [0.15, 0.2) is 24.3 Å². The summed E-state index contributed by atoms with van der Waals surface area (Å²) in [6.45, 7) is 1.97. The number of rotatable bonds is 2. The summed E-state index contributed by atoms with van der Waals surface area (Å²) in [7, 11) is 0. The van der Waals surface area contributed by atoms with E-state index >= 15 is 0 Å². The van der Waals surface area contributed by atoms with Gasteiger partial charge in [0.15, 0.2) is 0 Å². The van der Waals surface area contributed by atoms with Gasteiger partial charge in [-0.1, -0.05) is 30.7 Å². The molecule has 3 heteroatoms. The zero-order chi connectivity index (χ0) is 10.3. The molecule has 1 aromatic carbocycles. The maximum Gasteiger partial charge on any atom is 0.307 e. The van der Waals surface area contributed by atoms with Crippen molar-refractivity contribution in [2.24, 2.45) is 11.8 Å². The van der Waals surface area contributed by atoms with Gasteiger partial charge in [0.05, 0.1) is 5.92 Å². The van der Waals surface area contributed by atoms with Crippen molar-refractivity contribution in [3.8, 4) is 0 Å². The number of carboxylic acids is 1. The monoisotopic (exact) mass is 210 g/mol. The Hall–Kier alpha value is -1.02. The van der Waals surface area contributed by atoms with E-state index in [-0.39, 0.29) is 17.8 Å². The Balaban J connectivity index is 2.19. The lowest BCUT2D eigenvalue weighted by atomic mass is 10.1. The van der Waals surface area contributed by atoms with E-state index in [4.69, 9.17) is 16.7 Å². The average Bonchev–Trinajstić information content (AvgIpc) is 2.79. The molecule has 0 heterocycles. The Morgan fingerprint density at radius 2 is 1.93 bits per heavy atom. The fourth-order valence-corrected chi connectivity index (χ4v) is 2.16. The summed E-state index contributed by atoms with van der Waals surface area (Å²) >= 11 is 5.76. The van der Waals surface area contributed by atoms with Crippen LogP contribution in [0.1, 0.15) is 18.4 Å². The van der Waals surface area contributed by atoms with Gasteiger partial charge in [0.1, 0.15) is 0 Å². The first-order chi connectivity index (χ1) is 6.61. The van der Waals surface area contributed by atoms with Crippen molar-refractivity contribution in [2.75, 3.05) is 0 Å². The third-order valence-electron chi connectivity index (χ3n) is 2.92. The topological polar surface area (TPSA) is 37.3 Å². The molecule has 1 aliphatic rings. The molecule has 3 atom stereocenters. The van der Waals surface area contributed by atoms with Crippen LogP contribution in [-0.4, -0.2) is 11.1 Å². The van der Waals surface area contributed by atoms with E-state index in [0.717, 1.165) is 5.56 Å². The van der Waals surface area contributed by atoms with Crippen LogP contribution in [0.3, 0.4) is 0 Å². The SMILES string of the molecule is C[C@@H]1[C@@H](C(=O)O)[C@H]1c1ccc(Cl)cc1. The third-order valence-corrected chi connectivity index (χ3v) is 3.17. The van der Waals surface area contributed by atoms with Crippen molar-refractivity contribution in [1.29, 1.82) is 0 Å². The lowest BCUT2D eigenvalue weighted by Crippen LogP contribution is -1.99. The molecule has 1 saturated carbocycles. The van der Waals surface area contributed by atoms with Gasteiger partial charge in [0.25, 0.3) is 0 Å². The van der Waals surface area contributed by atoms with Crippen LogP contribution >= 0.6 is 11.6 Å². The van der Waals surface area contributed by atoms with Crippen LogP contribution in [0.25, 0.3) is 0 Å². The quantitative estimate of drug-likeness (QED) is 0.815. The van der Waals surface area contributed by atoms with Gasteiger partial charge in [-0.25, -0.2) is 0 Å². The normalized spacial score (nSPS) is 30.0. The Labute approximate surface area is 87.5 Å². The molecule has 1 N–H and O–H groups in total. The number of benzene rings is 1. The summed E-state index contributed by atoms with van der Waals surface area (Å²) in [4.78, 5) is 10.8. The zero-order valence-electron chi connectivity index (χ0n) is 7.77. The minimum absolute atomic E-state index is 0.171. The van der Waals surface area contributed by atoms with Crippen LogP contribution in [-0.2, 0) is 4.79 Å². The Morgan fingerprint density at radius 1 is 1.36 bits per heavy atom. The second kappa shape index (κ2) is 3.28.